The van der Waals surface area contributed by atoms with Gasteiger partial charge in [0.05, 0.1) is 5.02 Å². The molecule has 0 aliphatic heterocycles. The van der Waals surface area contributed by atoms with Crippen LogP contribution >= 0.6 is 11.6 Å². The van der Waals surface area contributed by atoms with E-state index in [1.54, 1.807) is 12.1 Å². The van der Waals surface area contributed by atoms with Crippen LogP contribution in [0, 0.1) is 0 Å². The molecule has 0 atom stereocenters. The Hall–Kier alpha value is -1.62. The molecular formula is C7H5ClN4O. The number of hydrogen-bond acceptors (Lipinski definition) is 3. The van der Waals surface area contributed by atoms with Crippen molar-refractivity contribution < 1.29 is 0 Å². The largest absolute Gasteiger partial charge is 0.340 e. The highest BCUT2D eigenvalue weighted by Gasteiger charge is 2.02. The fraction of sp³-hybridized carbons (Fsp3) is 0. The van der Waals surface area contributed by atoms with Gasteiger partial charge >= 0.3 is 5.69 Å². The maximum absolute atomic E-state index is 10.7. The number of nitrogens with zero attached hydrogens (tertiary/aromatic N) is 2. The van der Waals surface area contributed by atoms with Crippen LogP contribution in [0.15, 0.2) is 23.1 Å². The van der Waals surface area contributed by atoms with Gasteiger partial charge in [-0.3, -0.25) is 9.97 Å². The third-order valence-corrected chi connectivity index (χ3v) is 1.69. The minimum absolute atomic E-state index is 0.355. The van der Waals surface area contributed by atoms with E-state index in [-0.39, 0.29) is 5.69 Å². The van der Waals surface area contributed by atoms with Crippen LogP contribution < -0.4 is 5.69 Å². The minimum atomic E-state index is -0.355. The Balaban J connectivity index is 2.47. The summed E-state index contributed by atoms with van der Waals surface area (Å²) in [7, 11) is 0. The van der Waals surface area contributed by atoms with Gasteiger partial charge in [-0.2, -0.15) is 5.10 Å². The summed E-state index contributed by atoms with van der Waals surface area (Å²) in [6.45, 7) is 0. The molecule has 2 rings (SSSR count). The molecule has 0 aromatic carbocycles. The highest BCUT2D eigenvalue weighted by molar-refractivity contribution is 6.30. The van der Waals surface area contributed by atoms with E-state index in [0.29, 0.717) is 16.5 Å². The lowest BCUT2D eigenvalue weighted by Crippen LogP contribution is -2.00. The van der Waals surface area contributed by atoms with E-state index in [2.05, 4.69) is 20.2 Å². The summed E-state index contributed by atoms with van der Waals surface area (Å²) in [5.41, 5.74) is 0.217. The van der Waals surface area contributed by atoms with Crippen LogP contribution in [0.3, 0.4) is 0 Å². The van der Waals surface area contributed by atoms with Gasteiger partial charge in [0, 0.05) is 6.20 Å². The first kappa shape index (κ1) is 8.00. The number of halogens is 1. The second-order valence-electron chi connectivity index (χ2n) is 2.39. The van der Waals surface area contributed by atoms with Crippen LogP contribution in [0.1, 0.15) is 0 Å². The second kappa shape index (κ2) is 3.02. The van der Waals surface area contributed by atoms with Gasteiger partial charge in [0.1, 0.15) is 5.69 Å². The Morgan fingerprint density at radius 3 is 2.77 bits per heavy atom. The number of rotatable bonds is 1. The Morgan fingerprint density at radius 2 is 2.23 bits per heavy atom. The predicted molar refractivity (Wildman–Crippen MR) is 47.4 cm³/mol. The maximum atomic E-state index is 10.7. The molecular weight excluding hydrogens is 192 g/mol. The monoisotopic (exact) mass is 196 g/mol. The van der Waals surface area contributed by atoms with E-state index in [4.69, 9.17) is 11.6 Å². The van der Waals surface area contributed by atoms with Crippen LogP contribution in [0.25, 0.3) is 11.5 Å². The Morgan fingerprint density at radius 1 is 1.38 bits per heavy atom. The lowest BCUT2D eigenvalue weighted by molar-refractivity contribution is 1.05. The summed E-state index contributed by atoms with van der Waals surface area (Å²) in [5.74, 6) is 0.404. The molecule has 2 aromatic heterocycles. The fourth-order valence-electron chi connectivity index (χ4n) is 0.907. The van der Waals surface area contributed by atoms with Gasteiger partial charge in [-0.05, 0) is 12.1 Å². The predicted octanol–water partition coefficient (Wildman–Crippen LogP) is 0.813. The first-order valence-electron chi connectivity index (χ1n) is 3.52. The van der Waals surface area contributed by atoms with Gasteiger partial charge in [-0.25, -0.2) is 9.89 Å². The number of aromatic amines is 2. The minimum Gasteiger partial charge on any atom is -0.288 e. The summed E-state index contributed by atoms with van der Waals surface area (Å²) >= 11 is 5.64. The molecule has 13 heavy (non-hydrogen) atoms. The second-order valence-corrected chi connectivity index (χ2v) is 2.82. The van der Waals surface area contributed by atoms with Crippen molar-refractivity contribution in [3.63, 3.8) is 0 Å². The zero-order valence-corrected chi connectivity index (χ0v) is 7.17. The maximum Gasteiger partial charge on any atom is 0.340 e. The van der Waals surface area contributed by atoms with Crippen LogP contribution in [0.5, 0.6) is 0 Å². The molecule has 0 amide bonds. The zero-order valence-electron chi connectivity index (χ0n) is 6.41. The van der Waals surface area contributed by atoms with Crippen molar-refractivity contribution in [1.29, 1.82) is 0 Å². The third kappa shape index (κ3) is 1.59. The van der Waals surface area contributed by atoms with E-state index in [1.165, 1.54) is 6.20 Å². The van der Waals surface area contributed by atoms with E-state index >= 15 is 0 Å². The van der Waals surface area contributed by atoms with E-state index in [1.807, 2.05) is 0 Å². The molecule has 2 aromatic rings. The fourth-order valence-corrected chi connectivity index (χ4v) is 1.02. The van der Waals surface area contributed by atoms with Crippen molar-refractivity contribution in [3.8, 4) is 11.5 Å². The molecule has 0 radical (unpaired) electrons. The molecule has 0 spiro atoms. The highest BCUT2D eigenvalue weighted by atomic mass is 35.5. The van der Waals surface area contributed by atoms with Crippen molar-refractivity contribution in [3.05, 3.63) is 33.8 Å². The molecule has 66 valence electrons. The molecule has 5 nitrogen and oxygen atoms in total. The first-order valence-corrected chi connectivity index (χ1v) is 3.90. The molecule has 2 heterocycles. The summed E-state index contributed by atoms with van der Waals surface area (Å²) in [6, 6.07) is 3.35. The molecule has 0 unspecified atom stereocenters. The van der Waals surface area contributed by atoms with Gasteiger partial charge in [-0.15, -0.1) is 0 Å². The first-order chi connectivity index (χ1) is 6.25. The summed E-state index contributed by atoms with van der Waals surface area (Å²) < 4.78 is 0. The molecule has 0 saturated heterocycles. The number of hydrogen-bond donors (Lipinski definition) is 2. The van der Waals surface area contributed by atoms with E-state index in [0.717, 1.165) is 0 Å². The molecule has 0 aliphatic rings. The molecule has 6 heteroatoms. The number of pyridine rings is 1. The van der Waals surface area contributed by atoms with E-state index < -0.39 is 0 Å². The normalized spacial score (nSPS) is 10.2. The van der Waals surface area contributed by atoms with Crippen LogP contribution in [0.2, 0.25) is 5.02 Å². The average Bonchev–Trinajstić information content (AvgIpc) is 2.53. The van der Waals surface area contributed by atoms with Crippen molar-refractivity contribution >= 4 is 11.6 Å². The lowest BCUT2D eigenvalue weighted by atomic mass is 10.3. The Bertz CT molecular complexity index is 458. The Kier molecular flexibility index (Phi) is 1.86. The van der Waals surface area contributed by atoms with Gasteiger partial charge in [-0.1, -0.05) is 11.6 Å². The summed E-state index contributed by atoms with van der Waals surface area (Å²) in [5, 5.41) is 6.51. The van der Waals surface area contributed by atoms with Crippen LogP contribution in [0.4, 0.5) is 0 Å². The zero-order chi connectivity index (χ0) is 9.26. The molecule has 0 fully saturated rings. The molecule has 0 aliphatic carbocycles. The van der Waals surface area contributed by atoms with Crippen molar-refractivity contribution in [2.24, 2.45) is 0 Å². The smallest absolute Gasteiger partial charge is 0.288 e. The van der Waals surface area contributed by atoms with Crippen molar-refractivity contribution in [2.75, 3.05) is 0 Å². The average molecular weight is 197 g/mol. The number of aromatic nitrogens is 4. The molecule has 2 N–H and O–H groups in total. The van der Waals surface area contributed by atoms with Gasteiger partial charge in [0.25, 0.3) is 0 Å². The van der Waals surface area contributed by atoms with Gasteiger partial charge in [0.15, 0.2) is 5.82 Å². The van der Waals surface area contributed by atoms with Crippen LogP contribution in [-0.2, 0) is 0 Å². The van der Waals surface area contributed by atoms with Gasteiger partial charge in [0.2, 0.25) is 0 Å². The van der Waals surface area contributed by atoms with Crippen molar-refractivity contribution in [1.82, 2.24) is 20.2 Å². The van der Waals surface area contributed by atoms with Crippen molar-refractivity contribution in [2.45, 2.75) is 0 Å². The SMILES string of the molecule is O=c1[nH]nc(-c2ccc(Cl)cn2)[nH]1. The molecule has 0 saturated carbocycles. The Labute approximate surface area is 77.8 Å². The van der Waals surface area contributed by atoms with Gasteiger partial charge < -0.3 is 0 Å². The third-order valence-electron chi connectivity index (χ3n) is 1.47. The standard InChI is InChI=1S/C7H5ClN4O/c8-4-1-2-5(9-3-4)6-10-7(13)12-11-6/h1-3H,(H2,10,11,12,13). The highest BCUT2D eigenvalue weighted by Crippen LogP contribution is 2.12. The quantitative estimate of drug-likeness (QED) is 0.709. The summed E-state index contributed by atoms with van der Waals surface area (Å²) in [4.78, 5) is 17.2. The van der Waals surface area contributed by atoms with Crippen LogP contribution in [-0.4, -0.2) is 20.2 Å². The van der Waals surface area contributed by atoms with E-state index in [9.17, 15) is 4.79 Å². The number of nitrogens with one attached hydrogen (secondary N) is 2. The number of H-pyrrole nitrogens is 2. The lowest BCUT2D eigenvalue weighted by Gasteiger charge is -1.93. The molecule has 0 bridgehead atoms. The summed E-state index contributed by atoms with van der Waals surface area (Å²) in [6.07, 6.45) is 1.49. The topological polar surface area (TPSA) is 74.4 Å².